The minimum atomic E-state index is 0.398. The number of hydrogen-bond acceptors (Lipinski definition) is 1. The molecule has 0 bridgehead atoms. The van der Waals surface area contributed by atoms with Crippen LogP contribution in [0.1, 0.15) is 32.8 Å². The molecule has 1 aliphatic rings. The van der Waals surface area contributed by atoms with Gasteiger partial charge in [-0.25, -0.2) is 0 Å². The minimum absolute atomic E-state index is 0.398. The lowest BCUT2D eigenvalue weighted by atomic mass is 9.93. The molecule has 1 aromatic carbocycles. The molecule has 0 spiro atoms. The van der Waals surface area contributed by atoms with Gasteiger partial charge in [-0.3, -0.25) is 0 Å². The van der Waals surface area contributed by atoms with Crippen LogP contribution in [0, 0.1) is 11.8 Å². The first-order valence-electron chi connectivity index (χ1n) is 6.51. The van der Waals surface area contributed by atoms with Crippen LogP contribution in [0.4, 0.5) is 0 Å². The highest BCUT2D eigenvalue weighted by atomic mass is 79.9. The van der Waals surface area contributed by atoms with E-state index >= 15 is 0 Å². The first kappa shape index (κ1) is 13.1. The number of rotatable bonds is 5. The van der Waals surface area contributed by atoms with Gasteiger partial charge < -0.3 is 5.32 Å². The molecule has 1 fully saturated rings. The van der Waals surface area contributed by atoms with Crippen molar-refractivity contribution in [3.8, 4) is 0 Å². The standard InChI is InChI=1S/C15H22BrN/c1-11(2)9-17-10-15(8-12(15)3)13-4-6-14(16)7-5-13/h4-7,11-12,17H,8-10H2,1-3H3. The highest BCUT2D eigenvalue weighted by molar-refractivity contribution is 9.10. The Morgan fingerprint density at radius 1 is 1.35 bits per heavy atom. The van der Waals surface area contributed by atoms with Crippen LogP contribution in [-0.2, 0) is 5.41 Å². The fourth-order valence-electron chi connectivity index (χ4n) is 2.60. The van der Waals surface area contributed by atoms with E-state index in [2.05, 4.69) is 66.3 Å². The van der Waals surface area contributed by atoms with E-state index in [0.717, 1.165) is 24.9 Å². The molecule has 2 rings (SSSR count). The van der Waals surface area contributed by atoms with Gasteiger partial charge in [-0.2, -0.15) is 0 Å². The van der Waals surface area contributed by atoms with E-state index in [0.29, 0.717) is 5.41 Å². The molecule has 2 unspecified atom stereocenters. The van der Waals surface area contributed by atoms with Crippen molar-refractivity contribution in [3.05, 3.63) is 34.3 Å². The fraction of sp³-hybridized carbons (Fsp3) is 0.600. The summed E-state index contributed by atoms with van der Waals surface area (Å²) >= 11 is 3.50. The van der Waals surface area contributed by atoms with E-state index < -0.39 is 0 Å². The average Bonchev–Trinajstić information content (AvgIpc) is 2.91. The Balaban J connectivity index is 2.02. The first-order chi connectivity index (χ1) is 8.04. The second-order valence-electron chi connectivity index (χ2n) is 5.79. The highest BCUT2D eigenvalue weighted by Crippen LogP contribution is 2.53. The summed E-state index contributed by atoms with van der Waals surface area (Å²) in [7, 11) is 0. The van der Waals surface area contributed by atoms with Crippen molar-refractivity contribution in [2.75, 3.05) is 13.1 Å². The van der Waals surface area contributed by atoms with E-state index in [1.54, 1.807) is 0 Å². The van der Waals surface area contributed by atoms with Crippen LogP contribution in [0.3, 0.4) is 0 Å². The van der Waals surface area contributed by atoms with Gasteiger partial charge in [-0.1, -0.05) is 48.8 Å². The smallest absolute Gasteiger partial charge is 0.0175 e. The summed E-state index contributed by atoms with van der Waals surface area (Å²) < 4.78 is 1.17. The Labute approximate surface area is 113 Å². The van der Waals surface area contributed by atoms with Gasteiger partial charge in [0.2, 0.25) is 0 Å². The van der Waals surface area contributed by atoms with E-state index in [4.69, 9.17) is 0 Å². The number of hydrogen-bond donors (Lipinski definition) is 1. The Kier molecular flexibility index (Phi) is 3.94. The Bertz CT molecular complexity index is 371. The Morgan fingerprint density at radius 2 is 1.94 bits per heavy atom. The monoisotopic (exact) mass is 295 g/mol. The third-order valence-electron chi connectivity index (χ3n) is 3.87. The lowest BCUT2D eigenvalue weighted by Gasteiger charge is -2.19. The zero-order valence-electron chi connectivity index (χ0n) is 11.0. The lowest BCUT2D eigenvalue weighted by molar-refractivity contribution is 0.493. The maximum Gasteiger partial charge on any atom is 0.0175 e. The Hall–Kier alpha value is -0.340. The van der Waals surface area contributed by atoms with E-state index in [1.165, 1.54) is 16.5 Å². The fourth-order valence-corrected chi connectivity index (χ4v) is 2.87. The molecule has 0 heterocycles. The number of benzene rings is 1. The molecule has 1 saturated carbocycles. The third kappa shape index (κ3) is 2.92. The van der Waals surface area contributed by atoms with Gasteiger partial charge in [0.05, 0.1) is 0 Å². The summed E-state index contributed by atoms with van der Waals surface area (Å²) in [5.74, 6) is 1.54. The molecule has 0 aromatic heterocycles. The topological polar surface area (TPSA) is 12.0 Å². The van der Waals surface area contributed by atoms with Gasteiger partial charge in [0.25, 0.3) is 0 Å². The molecule has 0 amide bonds. The normalized spacial score (nSPS) is 27.5. The van der Waals surface area contributed by atoms with Crippen LogP contribution in [-0.4, -0.2) is 13.1 Å². The molecule has 17 heavy (non-hydrogen) atoms. The summed E-state index contributed by atoms with van der Waals surface area (Å²) in [5, 5.41) is 3.62. The number of halogens is 1. The zero-order valence-corrected chi connectivity index (χ0v) is 12.5. The van der Waals surface area contributed by atoms with Gasteiger partial charge in [-0.05, 0) is 42.5 Å². The van der Waals surface area contributed by atoms with E-state index in [1.807, 2.05) is 0 Å². The van der Waals surface area contributed by atoms with Crippen molar-refractivity contribution in [1.82, 2.24) is 5.32 Å². The van der Waals surface area contributed by atoms with Crippen molar-refractivity contribution in [2.24, 2.45) is 11.8 Å². The lowest BCUT2D eigenvalue weighted by Crippen LogP contribution is -2.30. The van der Waals surface area contributed by atoms with Crippen LogP contribution in [0.15, 0.2) is 28.7 Å². The molecular weight excluding hydrogens is 274 g/mol. The molecule has 94 valence electrons. The quantitative estimate of drug-likeness (QED) is 0.867. The van der Waals surface area contributed by atoms with Crippen molar-refractivity contribution < 1.29 is 0 Å². The molecular formula is C15H22BrN. The van der Waals surface area contributed by atoms with Gasteiger partial charge in [0.15, 0.2) is 0 Å². The summed E-state index contributed by atoms with van der Waals surface area (Å²) in [4.78, 5) is 0. The molecule has 0 saturated heterocycles. The predicted octanol–water partition coefficient (Wildman–Crippen LogP) is 3.97. The minimum Gasteiger partial charge on any atom is -0.316 e. The van der Waals surface area contributed by atoms with Gasteiger partial charge in [0.1, 0.15) is 0 Å². The molecule has 0 aliphatic heterocycles. The van der Waals surface area contributed by atoms with Crippen LogP contribution < -0.4 is 5.32 Å². The van der Waals surface area contributed by atoms with E-state index in [9.17, 15) is 0 Å². The zero-order chi connectivity index (χ0) is 12.5. The summed E-state index contributed by atoms with van der Waals surface area (Å²) in [6, 6.07) is 8.85. The maximum atomic E-state index is 3.62. The van der Waals surface area contributed by atoms with Gasteiger partial charge >= 0.3 is 0 Å². The maximum absolute atomic E-state index is 3.62. The van der Waals surface area contributed by atoms with Gasteiger partial charge in [0, 0.05) is 16.4 Å². The van der Waals surface area contributed by atoms with Crippen LogP contribution in [0.5, 0.6) is 0 Å². The average molecular weight is 296 g/mol. The van der Waals surface area contributed by atoms with Crippen molar-refractivity contribution in [1.29, 1.82) is 0 Å². The second-order valence-corrected chi connectivity index (χ2v) is 6.71. The van der Waals surface area contributed by atoms with Crippen molar-refractivity contribution in [2.45, 2.75) is 32.6 Å². The predicted molar refractivity (Wildman–Crippen MR) is 77.3 cm³/mol. The van der Waals surface area contributed by atoms with Crippen molar-refractivity contribution >= 4 is 15.9 Å². The molecule has 2 atom stereocenters. The van der Waals surface area contributed by atoms with Crippen LogP contribution in [0.25, 0.3) is 0 Å². The molecule has 1 nitrogen and oxygen atoms in total. The first-order valence-corrected chi connectivity index (χ1v) is 7.30. The summed E-state index contributed by atoms with van der Waals surface area (Å²) in [6.07, 6.45) is 1.32. The van der Waals surface area contributed by atoms with Crippen LogP contribution in [0.2, 0.25) is 0 Å². The van der Waals surface area contributed by atoms with Gasteiger partial charge in [-0.15, -0.1) is 0 Å². The molecule has 1 aliphatic carbocycles. The number of nitrogens with one attached hydrogen (secondary N) is 1. The second kappa shape index (κ2) is 5.11. The summed E-state index contributed by atoms with van der Waals surface area (Å²) in [5.41, 5.74) is 1.89. The third-order valence-corrected chi connectivity index (χ3v) is 4.39. The molecule has 2 heteroatoms. The highest BCUT2D eigenvalue weighted by Gasteiger charge is 2.51. The Morgan fingerprint density at radius 3 is 2.41 bits per heavy atom. The molecule has 1 N–H and O–H groups in total. The van der Waals surface area contributed by atoms with Crippen LogP contribution >= 0.6 is 15.9 Å². The van der Waals surface area contributed by atoms with E-state index in [-0.39, 0.29) is 0 Å². The SMILES string of the molecule is CC(C)CNCC1(c2ccc(Br)cc2)CC1C. The summed E-state index contributed by atoms with van der Waals surface area (Å²) in [6.45, 7) is 9.11. The largest absolute Gasteiger partial charge is 0.316 e. The van der Waals surface area contributed by atoms with Crippen molar-refractivity contribution in [3.63, 3.8) is 0 Å². The molecule has 1 aromatic rings. The molecule has 0 radical (unpaired) electrons.